The number of sulfonamides is 1. The van der Waals surface area contributed by atoms with Crippen molar-refractivity contribution in [2.24, 2.45) is 5.92 Å². The van der Waals surface area contributed by atoms with Crippen LogP contribution in [0.1, 0.15) is 25.7 Å². The van der Waals surface area contributed by atoms with Gasteiger partial charge in [0.25, 0.3) is 0 Å². The first-order valence-electron chi connectivity index (χ1n) is 6.43. The lowest BCUT2D eigenvalue weighted by atomic mass is 10.1. The predicted octanol–water partition coefficient (Wildman–Crippen LogP) is 3.54. The molecule has 0 spiro atoms. The van der Waals surface area contributed by atoms with Crippen LogP contribution in [0.15, 0.2) is 21.5 Å². The van der Waals surface area contributed by atoms with Crippen LogP contribution >= 0.6 is 15.9 Å². The second-order valence-electron chi connectivity index (χ2n) is 5.13. The third-order valence-electron chi connectivity index (χ3n) is 3.62. The molecule has 0 aliphatic heterocycles. The highest BCUT2D eigenvalue weighted by Gasteiger charge is 2.30. The minimum atomic E-state index is -3.96. The highest BCUT2D eigenvalue weighted by molar-refractivity contribution is 9.10. The van der Waals surface area contributed by atoms with Crippen molar-refractivity contribution < 1.29 is 17.2 Å². The summed E-state index contributed by atoms with van der Waals surface area (Å²) in [5.74, 6) is -1.57. The number of hydrogen-bond acceptors (Lipinski definition) is 2. The zero-order valence-corrected chi connectivity index (χ0v) is 13.5. The van der Waals surface area contributed by atoms with E-state index in [9.17, 15) is 17.2 Å². The van der Waals surface area contributed by atoms with Crippen LogP contribution in [-0.4, -0.2) is 26.3 Å². The Morgan fingerprint density at radius 2 is 1.90 bits per heavy atom. The lowest BCUT2D eigenvalue weighted by molar-refractivity contribution is 0.384. The monoisotopic (exact) mass is 367 g/mol. The Labute approximate surface area is 126 Å². The molecule has 0 aromatic heterocycles. The molecule has 1 fully saturated rings. The molecule has 0 bridgehead atoms. The molecule has 7 heteroatoms. The van der Waals surface area contributed by atoms with Crippen molar-refractivity contribution in [3.63, 3.8) is 0 Å². The molecule has 1 aliphatic rings. The summed E-state index contributed by atoms with van der Waals surface area (Å²) in [5.41, 5.74) is 0. The number of rotatable bonds is 4. The summed E-state index contributed by atoms with van der Waals surface area (Å²) in [4.78, 5) is -0.501. The van der Waals surface area contributed by atoms with Gasteiger partial charge in [0.05, 0.1) is 0 Å². The summed E-state index contributed by atoms with van der Waals surface area (Å²) in [6, 6.07) is 1.54. The van der Waals surface area contributed by atoms with Crippen molar-refractivity contribution >= 4 is 26.0 Å². The van der Waals surface area contributed by atoms with Crippen LogP contribution in [0.25, 0.3) is 0 Å². The van der Waals surface area contributed by atoms with Gasteiger partial charge < -0.3 is 0 Å². The molecule has 0 unspecified atom stereocenters. The number of hydrogen-bond donors (Lipinski definition) is 0. The molecule has 0 heterocycles. The van der Waals surface area contributed by atoms with Crippen LogP contribution in [-0.2, 0) is 10.0 Å². The topological polar surface area (TPSA) is 37.4 Å². The predicted molar refractivity (Wildman–Crippen MR) is 75.8 cm³/mol. The summed E-state index contributed by atoms with van der Waals surface area (Å²) in [7, 11) is -2.53. The molecule has 0 N–H and O–H groups in total. The van der Waals surface area contributed by atoms with Gasteiger partial charge >= 0.3 is 0 Å². The first-order valence-corrected chi connectivity index (χ1v) is 8.66. The highest BCUT2D eigenvalue weighted by Crippen LogP contribution is 2.31. The van der Waals surface area contributed by atoms with E-state index in [4.69, 9.17) is 0 Å². The van der Waals surface area contributed by atoms with Crippen LogP contribution < -0.4 is 0 Å². The van der Waals surface area contributed by atoms with E-state index in [1.54, 1.807) is 0 Å². The number of halogens is 3. The van der Waals surface area contributed by atoms with Gasteiger partial charge in [-0.05, 0) is 40.8 Å². The zero-order valence-electron chi connectivity index (χ0n) is 11.1. The minimum absolute atomic E-state index is 0.0896. The molecule has 1 aromatic rings. The molecule has 2 rings (SSSR count). The second kappa shape index (κ2) is 6.07. The van der Waals surface area contributed by atoms with E-state index in [-0.39, 0.29) is 4.47 Å². The maximum Gasteiger partial charge on any atom is 0.246 e. The molecule has 3 nitrogen and oxygen atoms in total. The van der Waals surface area contributed by atoms with Gasteiger partial charge in [0, 0.05) is 24.1 Å². The molecular formula is C13H16BrF2NO2S. The van der Waals surface area contributed by atoms with Crippen molar-refractivity contribution in [1.82, 2.24) is 4.31 Å². The first-order chi connectivity index (χ1) is 9.32. The minimum Gasteiger partial charge on any atom is -0.207 e. The molecule has 0 amide bonds. The van der Waals surface area contributed by atoms with E-state index in [1.807, 2.05) is 0 Å². The normalized spacial score (nSPS) is 17.1. The van der Waals surface area contributed by atoms with Gasteiger partial charge in [0.2, 0.25) is 10.0 Å². The molecule has 112 valence electrons. The summed E-state index contributed by atoms with van der Waals surface area (Å²) < 4.78 is 52.7. The van der Waals surface area contributed by atoms with Gasteiger partial charge in [-0.3, -0.25) is 0 Å². The van der Waals surface area contributed by atoms with Gasteiger partial charge in [-0.25, -0.2) is 21.5 Å². The fourth-order valence-electron chi connectivity index (χ4n) is 2.59. The summed E-state index contributed by atoms with van der Waals surface area (Å²) in [6.45, 7) is 0.367. The van der Waals surface area contributed by atoms with E-state index >= 15 is 0 Å². The molecule has 0 atom stereocenters. The van der Waals surface area contributed by atoms with Crippen molar-refractivity contribution in [1.29, 1.82) is 0 Å². The lowest BCUT2D eigenvalue weighted by Crippen LogP contribution is -2.32. The third kappa shape index (κ3) is 3.20. The Bertz CT molecular complexity index is 577. The SMILES string of the molecule is CN(CC1CCCC1)S(=O)(=O)c1c(F)cc(F)cc1Br. The zero-order chi connectivity index (χ0) is 14.9. The Balaban J connectivity index is 2.29. The number of nitrogens with zero attached hydrogens (tertiary/aromatic N) is 1. The maximum absolute atomic E-state index is 13.8. The maximum atomic E-state index is 13.8. The van der Waals surface area contributed by atoms with Gasteiger partial charge in [-0.1, -0.05) is 12.8 Å². The summed E-state index contributed by atoms with van der Waals surface area (Å²) >= 11 is 2.93. The van der Waals surface area contributed by atoms with E-state index in [0.29, 0.717) is 18.5 Å². The Morgan fingerprint density at radius 3 is 2.45 bits per heavy atom. The molecular weight excluding hydrogens is 352 g/mol. The van der Waals surface area contributed by atoms with Gasteiger partial charge in [-0.2, -0.15) is 0 Å². The van der Waals surface area contributed by atoms with Crippen LogP contribution in [0.5, 0.6) is 0 Å². The van der Waals surface area contributed by atoms with Gasteiger partial charge in [-0.15, -0.1) is 0 Å². The van der Waals surface area contributed by atoms with Crippen LogP contribution in [0.4, 0.5) is 8.78 Å². The average Bonchev–Trinajstić information content (AvgIpc) is 2.79. The van der Waals surface area contributed by atoms with Crippen LogP contribution in [0.2, 0.25) is 0 Å². The molecule has 20 heavy (non-hydrogen) atoms. The van der Waals surface area contributed by atoms with Crippen molar-refractivity contribution in [2.45, 2.75) is 30.6 Å². The summed E-state index contributed by atoms with van der Waals surface area (Å²) in [6.07, 6.45) is 4.19. The van der Waals surface area contributed by atoms with Gasteiger partial charge in [0.15, 0.2) is 0 Å². The van der Waals surface area contributed by atoms with Gasteiger partial charge in [0.1, 0.15) is 16.5 Å². The molecule has 0 saturated heterocycles. The fourth-order valence-corrected chi connectivity index (χ4v) is 4.94. The Kier molecular flexibility index (Phi) is 4.81. The largest absolute Gasteiger partial charge is 0.246 e. The molecule has 1 saturated carbocycles. The summed E-state index contributed by atoms with van der Waals surface area (Å²) in [5, 5.41) is 0. The average molecular weight is 368 g/mol. The smallest absolute Gasteiger partial charge is 0.207 e. The molecule has 0 radical (unpaired) electrons. The van der Waals surface area contributed by atoms with Crippen LogP contribution in [0.3, 0.4) is 0 Å². The highest BCUT2D eigenvalue weighted by atomic mass is 79.9. The van der Waals surface area contributed by atoms with E-state index in [0.717, 1.165) is 36.1 Å². The second-order valence-corrected chi connectivity index (χ2v) is 7.97. The van der Waals surface area contributed by atoms with Crippen LogP contribution in [0, 0.1) is 17.6 Å². The van der Waals surface area contributed by atoms with E-state index in [2.05, 4.69) is 15.9 Å². The molecule has 1 aliphatic carbocycles. The van der Waals surface area contributed by atoms with Crippen molar-refractivity contribution in [2.75, 3.05) is 13.6 Å². The Morgan fingerprint density at radius 1 is 1.30 bits per heavy atom. The fraction of sp³-hybridized carbons (Fsp3) is 0.538. The third-order valence-corrected chi connectivity index (χ3v) is 6.41. The Hall–Kier alpha value is -0.530. The lowest BCUT2D eigenvalue weighted by Gasteiger charge is -2.21. The molecule has 1 aromatic carbocycles. The quantitative estimate of drug-likeness (QED) is 0.815. The van der Waals surface area contributed by atoms with Crippen molar-refractivity contribution in [3.8, 4) is 0 Å². The van der Waals surface area contributed by atoms with E-state index < -0.39 is 26.6 Å². The van der Waals surface area contributed by atoms with Crippen molar-refractivity contribution in [3.05, 3.63) is 28.2 Å². The van der Waals surface area contributed by atoms with E-state index in [1.165, 1.54) is 7.05 Å². The first kappa shape index (κ1) is 15.9. The standard InChI is InChI=1S/C13H16BrF2NO2S/c1-17(8-9-4-2-3-5-9)20(18,19)13-11(14)6-10(15)7-12(13)16/h6-7,9H,2-5,8H2,1H3. The number of benzene rings is 1.